The van der Waals surface area contributed by atoms with E-state index in [1.807, 2.05) is 13.8 Å². The predicted octanol–water partition coefficient (Wildman–Crippen LogP) is 4.10. The van der Waals surface area contributed by atoms with E-state index < -0.39 is 11.9 Å². The number of amides is 1. The van der Waals surface area contributed by atoms with Gasteiger partial charge in [-0.2, -0.15) is 0 Å². The van der Waals surface area contributed by atoms with Crippen LogP contribution in [0.5, 0.6) is 0 Å². The lowest BCUT2D eigenvalue weighted by Crippen LogP contribution is -2.23. The van der Waals surface area contributed by atoms with E-state index in [-0.39, 0.29) is 19.2 Å². The van der Waals surface area contributed by atoms with Crippen LogP contribution in [-0.4, -0.2) is 31.1 Å². The van der Waals surface area contributed by atoms with E-state index in [0.717, 1.165) is 29.2 Å². The molecule has 1 amide bonds. The molecule has 0 saturated heterocycles. The van der Waals surface area contributed by atoms with Crippen LogP contribution in [0.2, 0.25) is 0 Å². The lowest BCUT2D eigenvalue weighted by Gasteiger charge is -2.20. The van der Waals surface area contributed by atoms with Crippen molar-refractivity contribution in [1.82, 2.24) is 0 Å². The first-order valence-corrected chi connectivity index (χ1v) is 11.0. The Morgan fingerprint density at radius 2 is 1.93 bits per heavy atom. The van der Waals surface area contributed by atoms with Gasteiger partial charge in [-0.25, -0.2) is 4.79 Å². The number of esters is 2. The maximum atomic E-state index is 12.3. The van der Waals surface area contributed by atoms with Gasteiger partial charge in [-0.1, -0.05) is 13.3 Å². The van der Waals surface area contributed by atoms with E-state index in [4.69, 9.17) is 9.47 Å². The topological polar surface area (TPSA) is 81.7 Å². The van der Waals surface area contributed by atoms with E-state index in [9.17, 15) is 14.4 Å². The number of ether oxygens (including phenoxy) is 2. The molecule has 0 unspecified atom stereocenters. The molecule has 6 nitrogen and oxygen atoms in total. The fourth-order valence-corrected chi connectivity index (χ4v) is 5.79. The van der Waals surface area contributed by atoms with Gasteiger partial charge < -0.3 is 14.8 Å². The fraction of sp³-hybridized carbons (Fsp3) is 0.667. The van der Waals surface area contributed by atoms with Gasteiger partial charge in [0.25, 0.3) is 5.91 Å². The summed E-state index contributed by atoms with van der Waals surface area (Å²) in [7, 11) is 0. The maximum Gasteiger partial charge on any atom is 0.341 e. The van der Waals surface area contributed by atoms with Crippen molar-refractivity contribution < 1.29 is 23.9 Å². The van der Waals surface area contributed by atoms with E-state index in [0.29, 0.717) is 28.8 Å². The molecule has 1 N–H and O–H groups in total. The van der Waals surface area contributed by atoms with Gasteiger partial charge in [-0.3, -0.25) is 9.59 Å². The number of fused-ring (bicyclic) bond motifs is 2. The molecular weight excluding hydrogens is 378 g/mol. The molecule has 7 heteroatoms. The molecule has 0 radical (unpaired) electrons. The van der Waals surface area contributed by atoms with Gasteiger partial charge in [0.1, 0.15) is 5.00 Å². The number of nitrogens with one attached hydrogen (secondary N) is 1. The molecule has 0 aromatic carbocycles. The standard InChI is InChI=1S/C21H29NO5S/c1-4-16-12(3)19(21(25)26-5-2)20(28-16)22-17(23)11-27-18(24)10-15-9-13-6-7-14(15)8-13/h13-15H,4-11H2,1-3H3,(H,22,23)/t13-,14-,15-/m1/s1. The van der Waals surface area contributed by atoms with Gasteiger partial charge in [0, 0.05) is 11.3 Å². The van der Waals surface area contributed by atoms with Crippen molar-refractivity contribution in [1.29, 1.82) is 0 Å². The highest BCUT2D eigenvalue weighted by molar-refractivity contribution is 7.17. The molecule has 1 aromatic rings. The van der Waals surface area contributed by atoms with Crippen LogP contribution in [0.15, 0.2) is 0 Å². The molecule has 2 fully saturated rings. The Bertz CT molecular complexity index is 756. The Labute approximate surface area is 170 Å². The first kappa shape index (κ1) is 20.8. The molecule has 1 aromatic heterocycles. The number of carbonyl (C=O) groups excluding carboxylic acids is 3. The van der Waals surface area contributed by atoms with Crippen LogP contribution >= 0.6 is 11.3 Å². The minimum atomic E-state index is -0.445. The maximum absolute atomic E-state index is 12.3. The summed E-state index contributed by atoms with van der Waals surface area (Å²) < 4.78 is 10.3. The van der Waals surface area contributed by atoms with Crippen molar-refractivity contribution in [3.05, 3.63) is 16.0 Å². The smallest absolute Gasteiger partial charge is 0.341 e. The van der Waals surface area contributed by atoms with E-state index >= 15 is 0 Å². The Balaban J connectivity index is 1.54. The molecule has 1 heterocycles. The summed E-state index contributed by atoms with van der Waals surface area (Å²) in [5, 5.41) is 3.18. The van der Waals surface area contributed by atoms with Gasteiger partial charge in [0.15, 0.2) is 6.61 Å². The van der Waals surface area contributed by atoms with Gasteiger partial charge in [-0.15, -0.1) is 11.3 Å². The summed E-state index contributed by atoms with van der Waals surface area (Å²) >= 11 is 1.36. The number of carbonyl (C=O) groups is 3. The van der Waals surface area contributed by atoms with Crippen LogP contribution in [0, 0.1) is 24.7 Å². The number of thiophene rings is 1. The zero-order valence-electron chi connectivity index (χ0n) is 16.8. The summed E-state index contributed by atoms with van der Waals surface area (Å²) in [6, 6.07) is 0. The Morgan fingerprint density at radius 1 is 1.14 bits per heavy atom. The van der Waals surface area contributed by atoms with Crippen molar-refractivity contribution in [2.24, 2.45) is 17.8 Å². The summed E-state index contributed by atoms with van der Waals surface area (Å²) in [6.07, 6.45) is 6.03. The highest BCUT2D eigenvalue weighted by atomic mass is 32.1. The molecule has 3 atom stereocenters. The molecular formula is C21H29NO5S. The average Bonchev–Trinajstić information content (AvgIpc) is 3.34. The van der Waals surface area contributed by atoms with Gasteiger partial charge in [-0.05, 0) is 62.8 Å². The summed E-state index contributed by atoms with van der Waals surface area (Å²) in [5.41, 5.74) is 1.22. The lowest BCUT2D eigenvalue weighted by atomic mass is 9.86. The van der Waals surface area contributed by atoms with Gasteiger partial charge in [0.2, 0.25) is 0 Å². The van der Waals surface area contributed by atoms with Crippen LogP contribution in [0.3, 0.4) is 0 Å². The molecule has 2 saturated carbocycles. The van der Waals surface area contributed by atoms with Crippen LogP contribution in [-0.2, 0) is 25.5 Å². The first-order valence-electron chi connectivity index (χ1n) is 10.2. The molecule has 0 aliphatic heterocycles. The minimum absolute atomic E-state index is 0.267. The van der Waals surface area contributed by atoms with Crippen LogP contribution in [0.4, 0.5) is 5.00 Å². The van der Waals surface area contributed by atoms with E-state index in [1.165, 1.54) is 30.6 Å². The Kier molecular flexibility index (Phi) is 6.75. The average molecular weight is 408 g/mol. The Hall–Kier alpha value is -1.89. The number of rotatable bonds is 8. The number of hydrogen-bond donors (Lipinski definition) is 1. The SMILES string of the molecule is CCOC(=O)c1c(NC(=O)COC(=O)C[C@H]2C[C@@H]3CC[C@@H]2C3)sc(CC)c1C. The number of hydrogen-bond acceptors (Lipinski definition) is 6. The lowest BCUT2D eigenvalue weighted by molar-refractivity contribution is -0.148. The molecule has 3 rings (SSSR count). The summed E-state index contributed by atoms with van der Waals surface area (Å²) in [6.45, 7) is 5.53. The Morgan fingerprint density at radius 3 is 2.54 bits per heavy atom. The summed E-state index contributed by atoms with van der Waals surface area (Å²) in [5.74, 6) is 0.657. The fourth-order valence-electron chi connectivity index (χ4n) is 4.64. The van der Waals surface area contributed by atoms with Crippen LogP contribution in [0.25, 0.3) is 0 Å². The zero-order chi connectivity index (χ0) is 20.3. The van der Waals surface area contributed by atoms with Crippen molar-refractivity contribution in [2.45, 2.75) is 59.3 Å². The zero-order valence-corrected chi connectivity index (χ0v) is 17.7. The number of anilines is 1. The van der Waals surface area contributed by atoms with Gasteiger partial charge >= 0.3 is 11.9 Å². The highest BCUT2D eigenvalue weighted by Gasteiger charge is 2.40. The second kappa shape index (κ2) is 9.07. The highest BCUT2D eigenvalue weighted by Crippen LogP contribution is 2.49. The molecule has 0 spiro atoms. The third-order valence-electron chi connectivity index (χ3n) is 5.98. The van der Waals surface area contributed by atoms with Crippen LogP contribution < -0.4 is 5.32 Å². The van der Waals surface area contributed by atoms with E-state index in [1.54, 1.807) is 6.92 Å². The molecule has 2 aliphatic rings. The minimum Gasteiger partial charge on any atom is -0.462 e. The third kappa shape index (κ3) is 4.57. The quantitative estimate of drug-likeness (QED) is 0.656. The molecule has 2 bridgehead atoms. The number of aryl methyl sites for hydroxylation is 1. The van der Waals surface area contributed by atoms with Crippen molar-refractivity contribution in [3.63, 3.8) is 0 Å². The van der Waals surface area contributed by atoms with E-state index in [2.05, 4.69) is 5.32 Å². The third-order valence-corrected chi connectivity index (χ3v) is 7.33. The summed E-state index contributed by atoms with van der Waals surface area (Å²) in [4.78, 5) is 37.7. The van der Waals surface area contributed by atoms with Crippen molar-refractivity contribution in [3.8, 4) is 0 Å². The van der Waals surface area contributed by atoms with Crippen LogP contribution in [0.1, 0.15) is 66.8 Å². The van der Waals surface area contributed by atoms with Crippen molar-refractivity contribution >= 4 is 34.2 Å². The second-order valence-corrected chi connectivity index (χ2v) is 8.88. The first-order chi connectivity index (χ1) is 13.4. The monoisotopic (exact) mass is 407 g/mol. The van der Waals surface area contributed by atoms with Crippen molar-refractivity contribution in [2.75, 3.05) is 18.5 Å². The largest absolute Gasteiger partial charge is 0.462 e. The molecule has 2 aliphatic carbocycles. The van der Waals surface area contributed by atoms with Gasteiger partial charge in [0.05, 0.1) is 12.2 Å². The molecule has 28 heavy (non-hydrogen) atoms. The normalized spacial score (nSPS) is 22.9. The predicted molar refractivity (Wildman–Crippen MR) is 108 cm³/mol. The second-order valence-electron chi connectivity index (χ2n) is 7.78. The molecule has 154 valence electrons.